The van der Waals surface area contributed by atoms with Gasteiger partial charge in [-0.05, 0) is 37.3 Å². The summed E-state index contributed by atoms with van der Waals surface area (Å²) in [6.45, 7) is 5.98. The van der Waals surface area contributed by atoms with E-state index in [9.17, 15) is 4.79 Å². The molecule has 2 heterocycles. The molecule has 0 saturated heterocycles. The summed E-state index contributed by atoms with van der Waals surface area (Å²) in [6, 6.07) is 8.77. The molecular formula is C19H23N3OS. The highest BCUT2D eigenvalue weighted by Gasteiger charge is 2.47. The van der Waals surface area contributed by atoms with Gasteiger partial charge in [-0.25, -0.2) is 4.98 Å². The van der Waals surface area contributed by atoms with E-state index in [2.05, 4.69) is 40.8 Å². The SMILES string of the molecule is CC(=O)N1c2ccccc2C(Nc2nc(C)cs2)[C@@H](C)[C@@H]1C1CC1. The molecule has 1 saturated carbocycles. The molecule has 1 aromatic heterocycles. The van der Waals surface area contributed by atoms with Gasteiger partial charge in [0, 0.05) is 30.0 Å². The molecule has 1 N–H and O–H groups in total. The molecule has 1 amide bonds. The maximum atomic E-state index is 12.4. The average Bonchev–Trinajstić information content (AvgIpc) is 3.31. The Morgan fingerprint density at radius 3 is 2.71 bits per heavy atom. The molecule has 1 unspecified atom stereocenters. The average molecular weight is 341 g/mol. The van der Waals surface area contributed by atoms with Crippen molar-refractivity contribution in [3.63, 3.8) is 0 Å². The maximum Gasteiger partial charge on any atom is 0.224 e. The van der Waals surface area contributed by atoms with Gasteiger partial charge in [-0.1, -0.05) is 25.1 Å². The molecule has 1 aliphatic carbocycles. The number of nitrogens with one attached hydrogen (secondary N) is 1. The van der Waals surface area contributed by atoms with E-state index in [4.69, 9.17) is 0 Å². The zero-order chi connectivity index (χ0) is 16.8. The van der Waals surface area contributed by atoms with Gasteiger partial charge in [0.1, 0.15) is 0 Å². The van der Waals surface area contributed by atoms with Crippen LogP contribution in [0.15, 0.2) is 29.6 Å². The van der Waals surface area contributed by atoms with E-state index in [1.165, 1.54) is 18.4 Å². The maximum absolute atomic E-state index is 12.4. The van der Waals surface area contributed by atoms with Crippen LogP contribution in [0.25, 0.3) is 0 Å². The normalized spacial score (nSPS) is 26.1. The van der Waals surface area contributed by atoms with Gasteiger partial charge in [0.15, 0.2) is 5.13 Å². The molecule has 1 fully saturated rings. The zero-order valence-electron chi connectivity index (χ0n) is 14.3. The standard InChI is InChI=1S/C19H23N3OS/c1-11-10-24-19(20-11)21-17-12(2)18(14-8-9-14)22(13(3)23)16-7-5-4-6-15(16)17/h4-7,10,12,14,17-18H,8-9H2,1-3H3,(H,20,21)/t12-,17?,18-/m1/s1. The third-order valence-electron chi connectivity index (χ3n) is 5.24. The molecule has 2 aromatic rings. The van der Waals surface area contributed by atoms with E-state index < -0.39 is 0 Å². The van der Waals surface area contributed by atoms with Crippen molar-refractivity contribution in [2.75, 3.05) is 10.2 Å². The van der Waals surface area contributed by atoms with E-state index in [-0.39, 0.29) is 18.0 Å². The first-order valence-electron chi connectivity index (χ1n) is 8.63. The highest BCUT2D eigenvalue weighted by atomic mass is 32.1. The quantitative estimate of drug-likeness (QED) is 0.901. The van der Waals surface area contributed by atoms with Crippen LogP contribution in [0.3, 0.4) is 0 Å². The van der Waals surface area contributed by atoms with Gasteiger partial charge in [-0.15, -0.1) is 11.3 Å². The lowest BCUT2D eigenvalue weighted by Gasteiger charge is -2.45. The number of aryl methyl sites for hydroxylation is 1. The molecule has 3 atom stereocenters. The summed E-state index contributed by atoms with van der Waals surface area (Å²) in [5.41, 5.74) is 3.30. The Morgan fingerprint density at radius 1 is 1.33 bits per heavy atom. The molecule has 1 aromatic carbocycles. The topological polar surface area (TPSA) is 45.2 Å². The molecular weight excluding hydrogens is 318 g/mol. The van der Waals surface area contributed by atoms with Gasteiger partial charge in [-0.3, -0.25) is 4.79 Å². The Labute approximate surface area is 146 Å². The highest BCUT2D eigenvalue weighted by molar-refractivity contribution is 7.13. The number of carbonyl (C=O) groups is 1. The van der Waals surface area contributed by atoms with Crippen LogP contribution in [-0.2, 0) is 4.79 Å². The number of hydrogen-bond acceptors (Lipinski definition) is 4. The van der Waals surface area contributed by atoms with Gasteiger partial charge >= 0.3 is 0 Å². The van der Waals surface area contributed by atoms with Gasteiger partial charge in [0.2, 0.25) is 5.91 Å². The number of fused-ring (bicyclic) bond motifs is 1. The van der Waals surface area contributed by atoms with Crippen LogP contribution in [0.2, 0.25) is 0 Å². The highest BCUT2D eigenvalue weighted by Crippen LogP contribution is 2.49. The largest absolute Gasteiger partial charge is 0.354 e. The lowest BCUT2D eigenvalue weighted by atomic mass is 9.80. The first-order valence-corrected chi connectivity index (χ1v) is 9.51. The first kappa shape index (κ1) is 15.6. The second-order valence-electron chi connectivity index (χ2n) is 7.05. The van der Waals surface area contributed by atoms with Crippen LogP contribution < -0.4 is 10.2 Å². The Kier molecular flexibility index (Phi) is 3.83. The molecule has 0 radical (unpaired) electrons. The molecule has 1 aliphatic heterocycles. The number of rotatable bonds is 3. The Bertz CT molecular complexity index is 767. The third kappa shape index (κ3) is 2.61. The van der Waals surface area contributed by atoms with Crippen LogP contribution in [-0.4, -0.2) is 16.9 Å². The second-order valence-corrected chi connectivity index (χ2v) is 7.91. The van der Waals surface area contributed by atoms with Crippen molar-refractivity contribution < 1.29 is 4.79 Å². The third-order valence-corrected chi connectivity index (χ3v) is 6.13. The van der Waals surface area contributed by atoms with Crippen LogP contribution in [0.5, 0.6) is 0 Å². The number of amides is 1. The fourth-order valence-corrected chi connectivity index (χ4v) is 4.79. The lowest BCUT2D eigenvalue weighted by Crippen LogP contribution is -2.51. The lowest BCUT2D eigenvalue weighted by molar-refractivity contribution is -0.117. The molecule has 5 heteroatoms. The molecule has 4 rings (SSSR count). The molecule has 4 nitrogen and oxygen atoms in total. The number of thiazole rings is 1. The van der Waals surface area contributed by atoms with Crippen molar-refractivity contribution in [1.29, 1.82) is 0 Å². The van der Waals surface area contributed by atoms with Crippen molar-refractivity contribution in [2.24, 2.45) is 11.8 Å². The monoisotopic (exact) mass is 341 g/mol. The summed E-state index contributed by atoms with van der Waals surface area (Å²) in [4.78, 5) is 19.0. The minimum absolute atomic E-state index is 0.148. The van der Waals surface area contributed by atoms with E-state index >= 15 is 0 Å². The molecule has 24 heavy (non-hydrogen) atoms. The van der Waals surface area contributed by atoms with E-state index in [1.807, 2.05) is 17.9 Å². The van der Waals surface area contributed by atoms with E-state index in [0.29, 0.717) is 11.8 Å². The number of anilines is 2. The minimum Gasteiger partial charge on any atom is -0.354 e. The summed E-state index contributed by atoms with van der Waals surface area (Å²) in [5, 5.41) is 6.68. The number of para-hydroxylation sites is 1. The van der Waals surface area contributed by atoms with Gasteiger partial charge < -0.3 is 10.2 Å². The fraction of sp³-hybridized carbons (Fsp3) is 0.474. The number of benzene rings is 1. The van der Waals surface area contributed by atoms with Gasteiger partial charge in [-0.2, -0.15) is 0 Å². The van der Waals surface area contributed by atoms with Crippen molar-refractivity contribution in [3.8, 4) is 0 Å². The van der Waals surface area contributed by atoms with Crippen LogP contribution >= 0.6 is 11.3 Å². The van der Waals surface area contributed by atoms with Crippen LogP contribution in [0.4, 0.5) is 10.8 Å². The summed E-state index contributed by atoms with van der Waals surface area (Å²) < 4.78 is 0. The molecule has 2 aliphatic rings. The van der Waals surface area contributed by atoms with E-state index in [0.717, 1.165) is 16.5 Å². The first-order chi connectivity index (χ1) is 11.6. The van der Waals surface area contributed by atoms with E-state index in [1.54, 1.807) is 18.3 Å². The minimum atomic E-state index is 0.148. The van der Waals surface area contributed by atoms with Crippen LogP contribution in [0, 0.1) is 18.8 Å². The predicted molar refractivity (Wildman–Crippen MR) is 98.5 cm³/mol. The Morgan fingerprint density at radius 2 is 2.08 bits per heavy atom. The number of aromatic nitrogens is 1. The summed E-state index contributed by atoms with van der Waals surface area (Å²) in [7, 11) is 0. The Balaban J connectivity index is 1.77. The van der Waals surface area contributed by atoms with Crippen LogP contribution in [0.1, 0.15) is 44.0 Å². The van der Waals surface area contributed by atoms with Crippen molar-refractivity contribution in [1.82, 2.24) is 4.98 Å². The summed E-state index contributed by atoms with van der Waals surface area (Å²) in [5.74, 6) is 1.12. The fourth-order valence-electron chi connectivity index (χ4n) is 4.07. The zero-order valence-corrected chi connectivity index (χ0v) is 15.1. The van der Waals surface area contributed by atoms with Crippen molar-refractivity contribution in [2.45, 2.75) is 45.7 Å². The van der Waals surface area contributed by atoms with Gasteiger partial charge in [0.25, 0.3) is 0 Å². The summed E-state index contributed by atoms with van der Waals surface area (Å²) >= 11 is 1.65. The smallest absolute Gasteiger partial charge is 0.224 e. The number of nitrogens with zero attached hydrogens (tertiary/aromatic N) is 2. The molecule has 0 spiro atoms. The number of hydrogen-bond donors (Lipinski definition) is 1. The molecule has 126 valence electrons. The predicted octanol–water partition coefficient (Wildman–Crippen LogP) is 4.39. The van der Waals surface area contributed by atoms with Crippen molar-refractivity contribution >= 4 is 28.1 Å². The number of carbonyl (C=O) groups excluding carboxylic acids is 1. The van der Waals surface area contributed by atoms with Crippen molar-refractivity contribution in [3.05, 3.63) is 40.9 Å². The second kappa shape index (κ2) is 5.88. The molecule has 0 bridgehead atoms. The summed E-state index contributed by atoms with van der Waals surface area (Å²) in [6.07, 6.45) is 2.45. The van der Waals surface area contributed by atoms with Gasteiger partial charge in [0.05, 0.1) is 11.7 Å². The Hall–Kier alpha value is -1.88.